The number of nitrogens with zero attached hydrogens (tertiary/aromatic N) is 1. The van der Waals surface area contributed by atoms with Gasteiger partial charge in [-0.2, -0.15) is 0 Å². The zero-order chi connectivity index (χ0) is 14.6. The van der Waals surface area contributed by atoms with E-state index in [2.05, 4.69) is 4.98 Å². The molecule has 0 spiro atoms. The molecule has 104 valence electrons. The number of aromatic nitrogens is 1. The monoisotopic (exact) mass is 266 g/mol. The van der Waals surface area contributed by atoms with Gasteiger partial charge in [0.15, 0.2) is 0 Å². The van der Waals surface area contributed by atoms with Crippen molar-refractivity contribution >= 4 is 11.9 Å². The summed E-state index contributed by atoms with van der Waals surface area (Å²) in [6.45, 7) is 6.72. The molecule has 0 unspecified atom stereocenters. The first-order chi connectivity index (χ1) is 8.70. The van der Waals surface area contributed by atoms with E-state index >= 15 is 0 Å². The van der Waals surface area contributed by atoms with Gasteiger partial charge in [0, 0.05) is 6.20 Å². The number of carbonyl (C=O) groups excluding carboxylic acids is 2. The van der Waals surface area contributed by atoms with Crippen LogP contribution in [-0.4, -0.2) is 28.6 Å². The Bertz CT molecular complexity index is 478. The molecule has 0 aromatic carbocycles. The molecule has 6 nitrogen and oxygen atoms in total. The second-order valence-corrected chi connectivity index (χ2v) is 5.07. The summed E-state index contributed by atoms with van der Waals surface area (Å²) in [5.41, 5.74) is 4.84. The van der Waals surface area contributed by atoms with E-state index in [0.29, 0.717) is 0 Å². The summed E-state index contributed by atoms with van der Waals surface area (Å²) in [5.74, 6) is -1.37. The molecule has 0 saturated heterocycles. The smallest absolute Gasteiger partial charge is 0.344 e. The quantitative estimate of drug-likeness (QED) is 0.829. The standard InChI is InChI=1S/C13H18N2O4/c1-8(14)11(16)18-10-9(6-5-7-15-10)12(17)19-13(2,3)4/h5-8H,14H2,1-4H3/t8-/m0/s1. The fourth-order valence-corrected chi connectivity index (χ4v) is 1.15. The van der Waals surface area contributed by atoms with Crippen LogP contribution in [0.4, 0.5) is 0 Å². The molecule has 1 atom stereocenters. The minimum absolute atomic E-state index is 0.0893. The molecule has 2 N–H and O–H groups in total. The van der Waals surface area contributed by atoms with Crippen LogP contribution in [0, 0.1) is 0 Å². The maximum atomic E-state index is 11.9. The van der Waals surface area contributed by atoms with E-state index in [1.807, 2.05) is 0 Å². The molecule has 1 heterocycles. The zero-order valence-electron chi connectivity index (χ0n) is 11.5. The maximum Gasteiger partial charge on any atom is 0.344 e. The fraction of sp³-hybridized carbons (Fsp3) is 0.462. The van der Waals surface area contributed by atoms with Crippen molar-refractivity contribution in [1.82, 2.24) is 4.98 Å². The van der Waals surface area contributed by atoms with Crippen LogP contribution < -0.4 is 10.5 Å². The molecule has 0 radical (unpaired) electrons. The van der Waals surface area contributed by atoms with Crippen molar-refractivity contribution in [2.45, 2.75) is 39.3 Å². The number of hydrogen-bond donors (Lipinski definition) is 1. The minimum atomic E-state index is -0.798. The first-order valence-corrected chi connectivity index (χ1v) is 5.86. The van der Waals surface area contributed by atoms with Crippen molar-refractivity contribution in [3.05, 3.63) is 23.9 Å². The number of esters is 2. The summed E-state index contributed by atoms with van der Waals surface area (Å²) in [4.78, 5) is 27.2. The van der Waals surface area contributed by atoms with Gasteiger partial charge in [0.25, 0.3) is 0 Å². The highest BCUT2D eigenvalue weighted by molar-refractivity contribution is 5.93. The number of pyridine rings is 1. The summed E-state index contributed by atoms with van der Waals surface area (Å²) in [7, 11) is 0. The van der Waals surface area contributed by atoms with E-state index < -0.39 is 23.6 Å². The molecule has 0 aliphatic carbocycles. The number of hydrogen-bond acceptors (Lipinski definition) is 6. The average molecular weight is 266 g/mol. The lowest BCUT2D eigenvalue weighted by molar-refractivity contribution is -0.135. The molecule has 0 aliphatic heterocycles. The Balaban J connectivity index is 2.96. The third kappa shape index (κ3) is 4.67. The number of rotatable bonds is 3. The fourth-order valence-electron chi connectivity index (χ4n) is 1.15. The lowest BCUT2D eigenvalue weighted by Gasteiger charge is -2.20. The van der Waals surface area contributed by atoms with Crippen LogP contribution in [-0.2, 0) is 9.53 Å². The van der Waals surface area contributed by atoms with E-state index in [0.717, 1.165) is 0 Å². The van der Waals surface area contributed by atoms with E-state index in [9.17, 15) is 9.59 Å². The summed E-state index contributed by atoms with van der Waals surface area (Å²) >= 11 is 0. The van der Waals surface area contributed by atoms with Crippen LogP contribution in [0.2, 0.25) is 0 Å². The molecule has 1 aromatic rings. The molecule has 1 aromatic heterocycles. The van der Waals surface area contributed by atoms with Gasteiger partial charge in [-0.05, 0) is 39.8 Å². The Labute approximate surface area is 111 Å². The second kappa shape index (κ2) is 5.79. The van der Waals surface area contributed by atoms with Crippen LogP contribution >= 0.6 is 0 Å². The van der Waals surface area contributed by atoms with Crippen molar-refractivity contribution in [1.29, 1.82) is 0 Å². The van der Waals surface area contributed by atoms with Crippen molar-refractivity contribution in [2.24, 2.45) is 5.73 Å². The van der Waals surface area contributed by atoms with Crippen LogP contribution in [0.25, 0.3) is 0 Å². The van der Waals surface area contributed by atoms with Gasteiger partial charge in [0.05, 0.1) is 0 Å². The van der Waals surface area contributed by atoms with E-state index in [1.165, 1.54) is 19.2 Å². The summed E-state index contributed by atoms with van der Waals surface area (Å²) in [5, 5.41) is 0. The second-order valence-electron chi connectivity index (χ2n) is 5.07. The molecule has 1 rings (SSSR count). The number of ether oxygens (including phenoxy) is 2. The van der Waals surface area contributed by atoms with Gasteiger partial charge in [-0.3, -0.25) is 0 Å². The third-order valence-electron chi connectivity index (χ3n) is 1.96. The van der Waals surface area contributed by atoms with Crippen LogP contribution in [0.3, 0.4) is 0 Å². The van der Waals surface area contributed by atoms with E-state index in [4.69, 9.17) is 15.2 Å². The Morgan fingerprint density at radius 2 is 2.00 bits per heavy atom. The van der Waals surface area contributed by atoms with Gasteiger partial charge < -0.3 is 15.2 Å². The van der Waals surface area contributed by atoms with Gasteiger partial charge in [-0.25, -0.2) is 14.6 Å². The Morgan fingerprint density at radius 3 is 2.53 bits per heavy atom. The lowest BCUT2D eigenvalue weighted by atomic mass is 10.2. The molecule has 0 fully saturated rings. The Morgan fingerprint density at radius 1 is 1.37 bits per heavy atom. The third-order valence-corrected chi connectivity index (χ3v) is 1.96. The average Bonchev–Trinajstić information content (AvgIpc) is 2.27. The first kappa shape index (κ1) is 15.1. The van der Waals surface area contributed by atoms with Crippen LogP contribution in [0.5, 0.6) is 5.88 Å². The minimum Gasteiger partial charge on any atom is -0.456 e. The summed E-state index contributed by atoms with van der Waals surface area (Å²) < 4.78 is 10.2. The molecule has 0 saturated carbocycles. The molecular formula is C13H18N2O4. The summed E-state index contributed by atoms with van der Waals surface area (Å²) in [6, 6.07) is 2.24. The highest BCUT2D eigenvalue weighted by Gasteiger charge is 2.23. The highest BCUT2D eigenvalue weighted by Crippen LogP contribution is 2.19. The zero-order valence-corrected chi connectivity index (χ0v) is 11.5. The number of carbonyl (C=O) groups is 2. The first-order valence-electron chi connectivity index (χ1n) is 5.86. The van der Waals surface area contributed by atoms with Crippen molar-refractivity contribution < 1.29 is 19.1 Å². The number of nitrogens with two attached hydrogens (primary N) is 1. The van der Waals surface area contributed by atoms with Crippen molar-refractivity contribution in [2.75, 3.05) is 0 Å². The van der Waals surface area contributed by atoms with Gasteiger partial charge >= 0.3 is 11.9 Å². The highest BCUT2D eigenvalue weighted by atomic mass is 16.6. The van der Waals surface area contributed by atoms with Gasteiger partial charge in [0.1, 0.15) is 17.2 Å². The SMILES string of the molecule is C[C@H](N)C(=O)Oc1ncccc1C(=O)OC(C)(C)C. The van der Waals surface area contributed by atoms with Crippen molar-refractivity contribution in [3.8, 4) is 5.88 Å². The van der Waals surface area contributed by atoms with Gasteiger partial charge in [-0.15, -0.1) is 0 Å². The van der Waals surface area contributed by atoms with Crippen LogP contribution in [0.15, 0.2) is 18.3 Å². The van der Waals surface area contributed by atoms with E-state index in [1.54, 1.807) is 26.8 Å². The predicted molar refractivity (Wildman–Crippen MR) is 68.7 cm³/mol. The Kier molecular flexibility index (Phi) is 4.61. The van der Waals surface area contributed by atoms with Gasteiger partial charge in [-0.1, -0.05) is 0 Å². The van der Waals surface area contributed by atoms with Gasteiger partial charge in [0.2, 0.25) is 5.88 Å². The van der Waals surface area contributed by atoms with Crippen LogP contribution in [0.1, 0.15) is 38.1 Å². The topological polar surface area (TPSA) is 91.5 Å². The molecule has 0 aliphatic rings. The molecule has 6 heteroatoms. The lowest BCUT2D eigenvalue weighted by Crippen LogP contribution is -2.32. The molecule has 0 amide bonds. The molecule has 0 bridgehead atoms. The Hall–Kier alpha value is -1.95. The molecular weight excluding hydrogens is 248 g/mol. The molecule has 19 heavy (non-hydrogen) atoms. The largest absolute Gasteiger partial charge is 0.456 e. The normalized spacial score (nSPS) is 12.7. The van der Waals surface area contributed by atoms with E-state index in [-0.39, 0.29) is 11.4 Å². The van der Waals surface area contributed by atoms with Crippen molar-refractivity contribution in [3.63, 3.8) is 0 Å². The maximum absolute atomic E-state index is 11.9. The summed E-state index contributed by atoms with van der Waals surface area (Å²) in [6.07, 6.45) is 1.41. The predicted octanol–water partition coefficient (Wildman–Crippen LogP) is 1.29.